The van der Waals surface area contributed by atoms with Gasteiger partial charge in [0.1, 0.15) is 0 Å². The van der Waals surface area contributed by atoms with Crippen LogP contribution in [0.5, 0.6) is 0 Å². The van der Waals surface area contributed by atoms with Crippen LogP contribution in [0.15, 0.2) is 6.20 Å². The van der Waals surface area contributed by atoms with Crippen molar-refractivity contribution in [3.8, 4) is 0 Å². The molecule has 37 valence electrons. The topological polar surface area (TPSA) is 42.7 Å². The fraction of sp³-hybridized carbons (Fsp3) is 0.250. The van der Waals surface area contributed by atoms with Crippen molar-refractivity contribution in [1.82, 2.24) is 5.10 Å². The third-order valence-corrected chi connectivity index (χ3v) is 0.676. The monoisotopic (exact) mass is 97.0 g/mol. The molecule has 1 aromatic heterocycles. The van der Waals surface area contributed by atoms with Gasteiger partial charge in [0.15, 0.2) is 0 Å². The summed E-state index contributed by atoms with van der Waals surface area (Å²) in [5.41, 5.74) is 0.829. The molecule has 1 aromatic rings. The highest BCUT2D eigenvalue weighted by Crippen LogP contribution is 1.81. The van der Waals surface area contributed by atoms with Gasteiger partial charge in [-0.15, -0.1) is 0 Å². The van der Waals surface area contributed by atoms with Crippen LogP contribution < -0.4 is 4.85 Å². The lowest BCUT2D eigenvalue weighted by Gasteiger charge is -1.78. The molecule has 0 atom stereocenters. The van der Waals surface area contributed by atoms with Crippen molar-refractivity contribution < 1.29 is 4.85 Å². The molecule has 0 aromatic carbocycles. The highest BCUT2D eigenvalue weighted by atomic mass is 16.5. The molecule has 0 aliphatic heterocycles. The first-order valence-electron chi connectivity index (χ1n) is 1.96. The number of aromatic nitrogens is 2. The van der Waals surface area contributed by atoms with Crippen LogP contribution in [-0.2, 0) is 0 Å². The van der Waals surface area contributed by atoms with Gasteiger partial charge in [0.2, 0.25) is 0 Å². The van der Waals surface area contributed by atoms with E-state index in [1.54, 1.807) is 13.1 Å². The second kappa shape index (κ2) is 1.26. The summed E-state index contributed by atoms with van der Waals surface area (Å²) in [5.74, 6) is 0. The summed E-state index contributed by atoms with van der Waals surface area (Å²) >= 11 is 0. The zero-order chi connectivity index (χ0) is 5.28. The summed E-state index contributed by atoms with van der Waals surface area (Å²) < 4.78 is 0. The Kier molecular flexibility index (Phi) is 0.749. The fourth-order valence-corrected chi connectivity index (χ4v) is 0.380. The molecule has 0 unspecified atom stereocenters. The highest BCUT2D eigenvalue weighted by molar-refractivity contribution is 4.91. The summed E-state index contributed by atoms with van der Waals surface area (Å²) in [6.45, 7) is 1.80. The van der Waals surface area contributed by atoms with Crippen LogP contribution in [0.4, 0.5) is 0 Å². The van der Waals surface area contributed by atoms with Crippen molar-refractivity contribution in [2.24, 2.45) is 0 Å². The molecule has 7 heavy (non-hydrogen) atoms. The minimum atomic E-state index is 0.537. The Morgan fingerprint density at radius 1 is 2.00 bits per heavy atom. The summed E-state index contributed by atoms with van der Waals surface area (Å²) in [4.78, 5) is 0.537. The number of H-pyrrole nitrogens is 1. The van der Waals surface area contributed by atoms with Crippen molar-refractivity contribution in [1.29, 1.82) is 0 Å². The average molecular weight is 97.1 g/mol. The van der Waals surface area contributed by atoms with Crippen LogP contribution in [0.25, 0.3) is 0 Å². The summed E-state index contributed by atoms with van der Waals surface area (Å²) in [5, 5.41) is 12.5. The molecule has 1 radical (unpaired) electrons. The molecular formula is C4H5N2O. The van der Waals surface area contributed by atoms with Crippen LogP contribution in [0.1, 0.15) is 5.56 Å². The van der Waals surface area contributed by atoms with Gasteiger partial charge in [-0.2, -0.15) is 5.10 Å². The van der Waals surface area contributed by atoms with E-state index in [-0.39, 0.29) is 0 Å². The number of nitrogens with zero attached hydrogens (tertiary/aromatic N) is 1. The molecule has 1 N–H and O–H groups in total. The van der Waals surface area contributed by atoms with Crippen LogP contribution in [0, 0.1) is 18.3 Å². The maximum absolute atomic E-state index is 10.1. The number of hydrogen-bond acceptors (Lipinski definition) is 1. The first-order chi connectivity index (χ1) is 3.29. The van der Waals surface area contributed by atoms with Gasteiger partial charge in [0.05, 0.1) is 11.8 Å². The SMILES string of the molecule is Cc1[c][n+]([O-])[nH]c1. The lowest BCUT2D eigenvalue weighted by Crippen LogP contribution is -2.26. The molecule has 0 saturated carbocycles. The van der Waals surface area contributed by atoms with E-state index in [2.05, 4.69) is 11.3 Å². The van der Waals surface area contributed by atoms with Crippen molar-refractivity contribution in [3.05, 3.63) is 23.2 Å². The molecule has 0 fully saturated rings. The average Bonchev–Trinajstić information content (AvgIpc) is 1.87. The summed E-state index contributed by atoms with van der Waals surface area (Å²) in [6.07, 6.45) is 4.03. The highest BCUT2D eigenvalue weighted by Gasteiger charge is 1.91. The molecular weight excluding hydrogens is 92.1 g/mol. The molecule has 3 heteroatoms. The Morgan fingerprint density at radius 3 is 2.86 bits per heavy atom. The van der Waals surface area contributed by atoms with Crippen LogP contribution in [0.2, 0.25) is 0 Å². The standard InChI is InChI=1S/C4H5N2O/c1-4-2-5-6(7)3-4/h2,5H,1H3. The van der Waals surface area contributed by atoms with Crippen molar-refractivity contribution in [2.75, 3.05) is 0 Å². The van der Waals surface area contributed by atoms with Gasteiger partial charge in [-0.1, -0.05) is 4.85 Å². The normalized spacial score (nSPS) is 9.29. The van der Waals surface area contributed by atoms with E-state index in [0.717, 1.165) is 5.56 Å². The molecule has 0 saturated heterocycles. The molecule has 3 nitrogen and oxygen atoms in total. The zero-order valence-electron chi connectivity index (χ0n) is 3.93. The van der Waals surface area contributed by atoms with Crippen LogP contribution in [-0.4, -0.2) is 5.10 Å². The van der Waals surface area contributed by atoms with Crippen molar-refractivity contribution >= 4 is 0 Å². The number of hydrogen-bond donors (Lipinski definition) is 1. The van der Waals surface area contributed by atoms with E-state index < -0.39 is 0 Å². The third kappa shape index (κ3) is 0.707. The molecule has 0 spiro atoms. The summed E-state index contributed by atoms with van der Waals surface area (Å²) in [7, 11) is 0. The third-order valence-electron chi connectivity index (χ3n) is 0.676. The van der Waals surface area contributed by atoms with E-state index >= 15 is 0 Å². The first-order valence-corrected chi connectivity index (χ1v) is 1.96. The maximum atomic E-state index is 10.1. The Labute approximate surface area is 41.2 Å². The number of rotatable bonds is 0. The van der Waals surface area contributed by atoms with Crippen LogP contribution >= 0.6 is 0 Å². The van der Waals surface area contributed by atoms with E-state index in [1.807, 2.05) is 0 Å². The van der Waals surface area contributed by atoms with Crippen molar-refractivity contribution in [2.45, 2.75) is 6.92 Å². The molecule has 0 bridgehead atoms. The van der Waals surface area contributed by atoms with E-state index in [0.29, 0.717) is 4.85 Å². The lowest BCUT2D eigenvalue weighted by molar-refractivity contribution is -0.668. The Bertz CT molecular complexity index is 142. The van der Waals surface area contributed by atoms with Gasteiger partial charge in [0, 0.05) is 0 Å². The Morgan fingerprint density at radius 2 is 2.71 bits per heavy atom. The predicted molar refractivity (Wildman–Crippen MR) is 23.3 cm³/mol. The van der Waals surface area contributed by atoms with Gasteiger partial charge < -0.3 is 5.21 Å². The predicted octanol–water partition coefficient (Wildman–Crippen LogP) is -0.243. The molecule has 1 rings (SSSR count). The van der Waals surface area contributed by atoms with Gasteiger partial charge in [-0.3, -0.25) is 0 Å². The van der Waals surface area contributed by atoms with Crippen molar-refractivity contribution in [3.63, 3.8) is 0 Å². The zero-order valence-corrected chi connectivity index (χ0v) is 3.93. The minimum absolute atomic E-state index is 0.537. The molecule has 0 aliphatic carbocycles. The maximum Gasteiger partial charge on any atom is 0.321 e. The quantitative estimate of drug-likeness (QED) is 0.352. The second-order valence-corrected chi connectivity index (χ2v) is 1.36. The fourth-order valence-electron chi connectivity index (χ4n) is 0.380. The minimum Gasteiger partial charge on any atom is -0.595 e. The number of aryl methyl sites for hydroxylation is 1. The Hall–Kier alpha value is -0.990. The second-order valence-electron chi connectivity index (χ2n) is 1.36. The number of nitrogens with one attached hydrogen (secondary N) is 1. The van der Waals surface area contributed by atoms with E-state index in [9.17, 15) is 5.21 Å². The van der Waals surface area contributed by atoms with E-state index in [1.165, 1.54) is 0 Å². The number of aromatic amines is 1. The largest absolute Gasteiger partial charge is 0.595 e. The first kappa shape index (κ1) is 4.18. The lowest BCUT2D eigenvalue weighted by atomic mass is 10.4. The molecule has 1 heterocycles. The van der Waals surface area contributed by atoms with Gasteiger partial charge in [-0.05, 0) is 6.92 Å². The van der Waals surface area contributed by atoms with Gasteiger partial charge in [-0.25, -0.2) is 0 Å². The van der Waals surface area contributed by atoms with Gasteiger partial charge in [0.25, 0.3) is 0 Å². The summed E-state index contributed by atoms with van der Waals surface area (Å²) in [6, 6.07) is 0. The van der Waals surface area contributed by atoms with Gasteiger partial charge >= 0.3 is 6.20 Å². The van der Waals surface area contributed by atoms with Crippen LogP contribution in [0.3, 0.4) is 0 Å². The molecule has 0 amide bonds. The smallest absolute Gasteiger partial charge is 0.321 e. The molecule has 0 aliphatic rings. The van der Waals surface area contributed by atoms with E-state index in [4.69, 9.17) is 0 Å². The Balaban J connectivity index is 3.04.